The Hall–Kier alpha value is -2.31. The van der Waals surface area contributed by atoms with Crippen molar-refractivity contribution in [1.29, 1.82) is 0 Å². The molecule has 2 aromatic carbocycles. The summed E-state index contributed by atoms with van der Waals surface area (Å²) in [6.07, 6.45) is 0. The molecule has 0 fully saturated rings. The van der Waals surface area contributed by atoms with E-state index in [0.29, 0.717) is 18.1 Å². The van der Waals surface area contributed by atoms with Crippen LogP contribution < -0.4 is 9.46 Å². The molecule has 3 aromatic rings. The third-order valence-electron chi connectivity index (χ3n) is 3.36. The molecule has 6 heteroatoms. The van der Waals surface area contributed by atoms with Crippen molar-refractivity contribution >= 4 is 21.0 Å². The van der Waals surface area contributed by atoms with E-state index in [-0.39, 0.29) is 11.4 Å². The minimum absolute atomic E-state index is 0.101. The zero-order chi connectivity index (χ0) is 16.3. The lowest BCUT2D eigenvalue weighted by Gasteiger charge is -2.07. The summed E-state index contributed by atoms with van der Waals surface area (Å²) in [6.45, 7) is 2.51. The molecule has 0 saturated heterocycles. The van der Waals surface area contributed by atoms with Crippen LogP contribution in [0.15, 0.2) is 63.9 Å². The first kappa shape index (κ1) is 15.6. The number of hydrogen-bond donors (Lipinski definition) is 1. The number of fused-ring (bicyclic) bond motifs is 1. The van der Waals surface area contributed by atoms with Gasteiger partial charge in [-0.25, -0.2) is 13.1 Å². The maximum atomic E-state index is 12.3. The Balaban J connectivity index is 1.72. The number of nitrogens with one attached hydrogen (secondary N) is 1. The highest BCUT2D eigenvalue weighted by molar-refractivity contribution is 7.89. The van der Waals surface area contributed by atoms with Gasteiger partial charge in [0.05, 0.1) is 18.0 Å². The van der Waals surface area contributed by atoms with Gasteiger partial charge in [0.25, 0.3) is 0 Å². The predicted octanol–water partition coefficient (Wildman–Crippen LogP) is 3.31. The number of benzene rings is 2. The Kier molecular flexibility index (Phi) is 4.36. The van der Waals surface area contributed by atoms with Crippen LogP contribution in [0.5, 0.6) is 5.75 Å². The zero-order valence-corrected chi connectivity index (χ0v) is 13.5. The Morgan fingerprint density at radius 2 is 1.83 bits per heavy atom. The molecule has 0 radical (unpaired) electrons. The van der Waals surface area contributed by atoms with E-state index in [4.69, 9.17) is 9.15 Å². The molecular weight excluding hydrogens is 314 g/mol. The first-order valence-corrected chi connectivity index (χ1v) is 8.77. The summed E-state index contributed by atoms with van der Waals surface area (Å²) in [7, 11) is -3.59. The second-order valence-electron chi connectivity index (χ2n) is 4.98. The minimum atomic E-state index is -3.59. The summed E-state index contributed by atoms with van der Waals surface area (Å²) in [4.78, 5) is 0.192. The van der Waals surface area contributed by atoms with Gasteiger partial charge in [-0.05, 0) is 43.3 Å². The van der Waals surface area contributed by atoms with Crippen molar-refractivity contribution in [2.24, 2.45) is 0 Å². The minimum Gasteiger partial charge on any atom is -0.494 e. The Labute approximate surface area is 134 Å². The Bertz CT molecular complexity index is 865. The van der Waals surface area contributed by atoms with Gasteiger partial charge in [-0.15, -0.1) is 0 Å². The fraction of sp³-hybridized carbons (Fsp3) is 0.176. The molecule has 1 N–H and O–H groups in total. The molecule has 5 nitrogen and oxygen atoms in total. The molecule has 120 valence electrons. The number of rotatable bonds is 6. The average molecular weight is 331 g/mol. The SMILES string of the molecule is CCOc1ccc(S(=O)(=O)NCc2cc3ccccc3o2)cc1. The Morgan fingerprint density at radius 3 is 2.52 bits per heavy atom. The van der Waals surface area contributed by atoms with Gasteiger partial charge >= 0.3 is 0 Å². The highest BCUT2D eigenvalue weighted by Gasteiger charge is 2.15. The largest absolute Gasteiger partial charge is 0.494 e. The molecule has 0 saturated carbocycles. The topological polar surface area (TPSA) is 68.5 Å². The van der Waals surface area contributed by atoms with Crippen molar-refractivity contribution < 1.29 is 17.6 Å². The first-order chi connectivity index (χ1) is 11.1. The number of ether oxygens (including phenoxy) is 1. The molecule has 0 aliphatic carbocycles. The highest BCUT2D eigenvalue weighted by Crippen LogP contribution is 2.20. The lowest BCUT2D eigenvalue weighted by Crippen LogP contribution is -2.22. The smallest absolute Gasteiger partial charge is 0.240 e. The van der Waals surface area contributed by atoms with Crippen molar-refractivity contribution in [3.8, 4) is 5.75 Å². The van der Waals surface area contributed by atoms with Gasteiger partial charge in [-0.2, -0.15) is 0 Å². The highest BCUT2D eigenvalue weighted by atomic mass is 32.2. The monoisotopic (exact) mass is 331 g/mol. The van der Waals surface area contributed by atoms with Gasteiger partial charge in [0, 0.05) is 5.39 Å². The van der Waals surface area contributed by atoms with Gasteiger partial charge in [0.1, 0.15) is 17.1 Å². The molecule has 0 aliphatic rings. The van der Waals surface area contributed by atoms with Gasteiger partial charge in [-0.3, -0.25) is 0 Å². The van der Waals surface area contributed by atoms with Crippen LogP contribution in [0.1, 0.15) is 12.7 Å². The fourth-order valence-corrected chi connectivity index (χ4v) is 3.25. The number of hydrogen-bond acceptors (Lipinski definition) is 4. The van der Waals surface area contributed by atoms with Crippen LogP contribution in [0.25, 0.3) is 11.0 Å². The second-order valence-corrected chi connectivity index (χ2v) is 6.75. The van der Waals surface area contributed by atoms with E-state index < -0.39 is 10.0 Å². The zero-order valence-electron chi connectivity index (χ0n) is 12.7. The van der Waals surface area contributed by atoms with E-state index in [1.54, 1.807) is 12.1 Å². The maximum Gasteiger partial charge on any atom is 0.240 e. The number of sulfonamides is 1. The fourth-order valence-electron chi connectivity index (χ4n) is 2.26. The third-order valence-corrected chi connectivity index (χ3v) is 4.78. The van der Waals surface area contributed by atoms with Gasteiger partial charge in [-0.1, -0.05) is 18.2 Å². The third kappa shape index (κ3) is 3.55. The van der Waals surface area contributed by atoms with Crippen LogP contribution in [0.2, 0.25) is 0 Å². The van der Waals surface area contributed by atoms with E-state index >= 15 is 0 Å². The molecule has 23 heavy (non-hydrogen) atoms. The summed E-state index contributed by atoms with van der Waals surface area (Å²) in [5.74, 6) is 1.21. The van der Waals surface area contributed by atoms with E-state index in [9.17, 15) is 8.42 Å². The van der Waals surface area contributed by atoms with E-state index in [2.05, 4.69) is 4.72 Å². The van der Waals surface area contributed by atoms with Crippen LogP contribution in [-0.4, -0.2) is 15.0 Å². The van der Waals surface area contributed by atoms with Crippen LogP contribution in [-0.2, 0) is 16.6 Å². The summed E-state index contributed by atoms with van der Waals surface area (Å²) < 4.78 is 38.0. The number of para-hydroxylation sites is 1. The predicted molar refractivity (Wildman–Crippen MR) is 87.9 cm³/mol. The summed E-state index contributed by atoms with van der Waals surface area (Å²) in [6, 6.07) is 15.7. The molecule has 0 unspecified atom stereocenters. The lowest BCUT2D eigenvalue weighted by atomic mass is 10.2. The van der Waals surface area contributed by atoms with E-state index in [1.165, 1.54) is 12.1 Å². The van der Waals surface area contributed by atoms with E-state index in [1.807, 2.05) is 37.3 Å². The van der Waals surface area contributed by atoms with Crippen LogP contribution in [0.3, 0.4) is 0 Å². The second kappa shape index (κ2) is 6.44. The molecule has 3 rings (SSSR count). The molecule has 0 atom stereocenters. The van der Waals surface area contributed by atoms with Crippen LogP contribution >= 0.6 is 0 Å². The normalized spacial score (nSPS) is 11.7. The maximum absolute atomic E-state index is 12.3. The van der Waals surface area contributed by atoms with Crippen molar-refractivity contribution in [2.75, 3.05) is 6.61 Å². The van der Waals surface area contributed by atoms with E-state index in [0.717, 1.165) is 11.0 Å². The molecule has 0 amide bonds. The number of furan rings is 1. The molecule has 0 bridgehead atoms. The van der Waals surface area contributed by atoms with Gasteiger partial charge < -0.3 is 9.15 Å². The van der Waals surface area contributed by atoms with Crippen molar-refractivity contribution in [3.05, 3.63) is 60.4 Å². The summed E-state index contributed by atoms with van der Waals surface area (Å²) in [5.41, 5.74) is 0.739. The lowest BCUT2D eigenvalue weighted by molar-refractivity contribution is 0.340. The van der Waals surface area contributed by atoms with Gasteiger partial charge in [0.15, 0.2) is 0 Å². The summed E-state index contributed by atoms with van der Waals surface area (Å²) in [5, 5.41) is 0.947. The molecule has 0 spiro atoms. The first-order valence-electron chi connectivity index (χ1n) is 7.28. The van der Waals surface area contributed by atoms with Crippen LogP contribution in [0, 0.1) is 0 Å². The Morgan fingerprint density at radius 1 is 1.09 bits per heavy atom. The molecular formula is C17H17NO4S. The van der Waals surface area contributed by atoms with Crippen LogP contribution in [0.4, 0.5) is 0 Å². The standard InChI is InChI=1S/C17H17NO4S/c1-2-21-14-7-9-16(10-8-14)23(19,20)18-12-15-11-13-5-3-4-6-17(13)22-15/h3-11,18H,2,12H2,1H3. The molecule has 1 heterocycles. The van der Waals surface area contributed by atoms with Crippen molar-refractivity contribution in [2.45, 2.75) is 18.4 Å². The summed E-state index contributed by atoms with van der Waals surface area (Å²) >= 11 is 0. The average Bonchev–Trinajstić information content (AvgIpc) is 2.97. The van der Waals surface area contributed by atoms with Crippen molar-refractivity contribution in [1.82, 2.24) is 4.72 Å². The quantitative estimate of drug-likeness (QED) is 0.752. The molecule has 0 aliphatic heterocycles. The van der Waals surface area contributed by atoms with Gasteiger partial charge in [0.2, 0.25) is 10.0 Å². The van der Waals surface area contributed by atoms with Crippen molar-refractivity contribution in [3.63, 3.8) is 0 Å². The molecule has 1 aromatic heterocycles.